The Balaban J connectivity index is 1.51. The van der Waals surface area contributed by atoms with E-state index in [9.17, 15) is 26.7 Å². The first-order chi connectivity index (χ1) is 17.0. The lowest BCUT2D eigenvalue weighted by Crippen LogP contribution is -2.36. The molecular formula is C25H24F5N3O2S. The van der Waals surface area contributed by atoms with Crippen molar-refractivity contribution in [2.75, 3.05) is 18.2 Å². The van der Waals surface area contributed by atoms with Crippen molar-refractivity contribution >= 4 is 34.1 Å². The first-order valence-corrected chi connectivity index (χ1v) is 11.8. The number of nitrogens with one attached hydrogen (secondary N) is 1. The van der Waals surface area contributed by atoms with Gasteiger partial charge in [-0.25, -0.2) is 4.98 Å². The molecule has 3 N–H and O–H groups in total. The Morgan fingerprint density at radius 2 is 1.83 bits per heavy atom. The predicted octanol–water partition coefficient (Wildman–Crippen LogP) is 6.96. The molecule has 0 spiro atoms. The van der Waals surface area contributed by atoms with Crippen molar-refractivity contribution in [3.63, 3.8) is 0 Å². The number of carbonyl (C=O) groups is 1. The number of amides is 1. The summed E-state index contributed by atoms with van der Waals surface area (Å²) >= 11 is 1.28. The summed E-state index contributed by atoms with van der Waals surface area (Å²) in [6, 6.07) is 12.3. The summed E-state index contributed by atoms with van der Waals surface area (Å²) in [6.45, 7) is 0. The van der Waals surface area contributed by atoms with Gasteiger partial charge in [0.05, 0.1) is 12.8 Å². The van der Waals surface area contributed by atoms with Crippen molar-refractivity contribution in [1.82, 2.24) is 4.98 Å². The molecule has 2 aromatic carbocycles. The van der Waals surface area contributed by atoms with Gasteiger partial charge in [-0.05, 0) is 66.8 Å². The number of carbonyl (C=O) groups excluding carboxylic acids is 1. The van der Waals surface area contributed by atoms with Crippen LogP contribution in [-0.4, -0.2) is 30.1 Å². The van der Waals surface area contributed by atoms with Crippen LogP contribution in [-0.2, 0) is 11.2 Å². The molecule has 0 saturated heterocycles. The number of aromatic nitrogens is 1. The molecule has 0 bridgehead atoms. The van der Waals surface area contributed by atoms with E-state index >= 15 is 0 Å². The molecule has 0 fully saturated rings. The Labute approximate surface area is 208 Å². The summed E-state index contributed by atoms with van der Waals surface area (Å²) in [7, 11) is 1.58. The number of rotatable bonds is 10. The van der Waals surface area contributed by atoms with E-state index in [2.05, 4.69) is 10.3 Å². The van der Waals surface area contributed by atoms with E-state index in [1.165, 1.54) is 23.5 Å². The third-order valence-corrected chi connectivity index (χ3v) is 6.06. The molecule has 11 heteroatoms. The molecule has 0 unspecified atom stereocenters. The number of hydrogen-bond donors (Lipinski definition) is 2. The lowest BCUT2D eigenvalue weighted by Gasteiger charge is -2.19. The zero-order valence-electron chi connectivity index (χ0n) is 19.2. The fourth-order valence-corrected chi connectivity index (χ4v) is 4.01. The molecule has 5 nitrogen and oxygen atoms in total. The van der Waals surface area contributed by atoms with Gasteiger partial charge in [0.2, 0.25) is 5.91 Å². The Hall–Kier alpha value is -3.47. The lowest BCUT2D eigenvalue weighted by molar-refractivity contribution is -0.284. The molecule has 0 aliphatic rings. The molecule has 0 radical (unpaired) electrons. The number of alkyl halides is 5. The van der Waals surface area contributed by atoms with Gasteiger partial charge in [0.15, 0.2) is 5.13 Å². The molecular weight excluding hydrogens is 501 g/mol. The van der Waals surface area contributed by atoms with Crippen molar-refractivity contribution in [3.8, 4) is 17.0 Å². The number of ether oxygens (including phenoxy) is 1. The van der Waals surface area contributed by atoms with E-state index in [-0.39, 0.29) is 12.8 Å². The highest BCUT2D eigenvalue weighted by Crippen LogP contribution is 2.39. The molecule has 0 atom stereocenters. The van der Waals surface area contributed by atoms with Crippen LogP contribution in [0.15, 0.2) is 53.9 Å². The van der Waals surface area contributed by atoms with Crippen LogP contribution in [0.25, 0.3) is 17.3 Å². The fourth-order valence-electron chi connectivity index (χ4n) is 3.29. The number of thiazole rings is 1. The van der Waals surface area contributed by atoms with E-state index in [4.69, 9.17) is 10.5 Å². The summed E-state index contributed by atoms with van der Waals surface area (Å²) in [5, 5.41) is 4.93. The molecule has 3 aromatic rings. The van der Waals surface area contributed by atoms with Crippen molar-refractivity contribution in [2.24, 2.45) is 0 Å². The van der Waals surface area contributed by atoms with E-state index < -0.39 is 24.4 Å². The first-order valence-electron chi connectivity index (χ1n) is 10.9. The number of anilines is 2. The molecule has 1 heterocycles. The quantitative estimate of drug-likeness (QED) is 0.130. The SMILES string of the molecule is COc1ccc(-c2csc(NC(=O)C=Cc3ccc(CCCCC(F)(F)C(F)(F)F)cc3N)n2)cc1. The highest BCUT2D eigenvalue weighted by atomic mass is 32.1. The van der Waals surface area contributed by atoms with Gasteiger partial charge in [-0.1, -0.05) is 12.1 Å². The van der Waals surface area contributed by atoms with Crippen LogP contribution in [0.5, 0.6) is 5.75 Å². The Bertz CT molecular complexity index is 1210. The van der Waals surface area contributed by atoms with Crippen LogP contribution in [0.1, 0.15) is 30.4 Å². The van der Waals surface area contributed by atoms with E-state index in [1.54, 1.807) is 25.3 Å². The Morgan fingerprint density at radius 1 is 1.11 bits per heavy atom. The third kappa shape index (κ3) is 7.27. The highest BCUT2D eigenvalue weighted by molar-refractivity contribution is 7.14. The summed E-state index contributed by atoms with van der Waals surface area (Å²) < 4.78 is 67.7. The fraction of sp³-hybridized carbons (Fsp3) is 0.280. The van der Waals surface area contributed by atoms with Crippen molar-refractivity contribution in [2.45, 2.75) is 37.8 Å². The van der Waals surface area contributed by atoms with Crippen LogP contribution in [0.3, 0.4) is 0 Å². The maximum atomic E-state index is 13.0. The molecule has 3 rings (SSSR count). The third-order valence-electron chi connectivity index (χ3n) is 5.31. The van der Waals surface area contributed by atoms with Crippen LogP contribution in [0.4, 0.5) is 32.8 Å². The second kappa shape index (κ2) is 11.5. The minimum absolute atomic E-state index is 0.162. The normalized spacial score (nSPS) is 12.2. The second-order valence-electron chi connectivity index (χ2n) is 7.96. The topological polar surface area (TPSA) is 77.2 Å². The summed E-state index contributed by atoms with van der Waals surface area (Å²) in [5.74, 6) is -4.36. The number of unbranched alkanes of at least 4 members (excludes halogenated alkanes) is 1. The first kappa shape index (κ1) is 27.1. The van der Waals surface area contributed by atoms with Gasteiger partial charge < -0.3 is 10.5 Å². The summed E-state index contributed by atoms with van der Waals surface area (Å²) in [6.07, 6.45) is -3.75. The number of benzene rings is 2. The maximum absolute atomic E-state index is 13.0. The van der Waals surface area contributed by atoms with Crippen molar-refractivity contribution in [1.29, 1.82) is 0 Å². The predicted molar refractivity (Wildman–Crippen MR) is 131 cm³/mol. The average molecular weight is 526 g/mol. The molecule has 0 aliphatic heterocycles. The Kier molecular flexibility index (Phi) is 8.67. The number of nitrogen functional groups attached to an aromatic ring is 1. The zero-order valence-corrected chi connectivity index (χ0v) is 20.1. The van der Waals surface area contributed by atoms with E-state index in [1.807, 2.05) is 29.6 Å². The van der Waals surface area contributed by atoms with Gasteiger partial charge in [-0.2, -0.15) is 22.0 Å². The molecule has 192 valence electrons. The molecule has 0 saturated carbocycles. The molecule has 36 heavy (non-hydrogen) atoms. The second-order valence-corrected chi connectivity index (χ2v) is 8.82. The van der Waals surface area contributed by atoms with Gasteiger partial charge in [-0.3, -0.25) is 10.1 Å². The van der Waals surface area contributed by atoms with Gasteiger partial charge in [-0.15, -0.1) is 11.3 Å². The lowest BCUT2D eigenvalue weighted by atomic mass is 10.0. The van der Waals surface area contributed by atoms with Crippen LogP contribution >= 0.6 is 11.3 Å². The van der Waals surface area contributed by atoms with Gasteiger partial charge in [0.1, 0.15) is 5.75 Å². The zero-order chi connectivity index (χ0) is 26.3. The Morgan fingerprint density at radius 3 is 2.47 bits per heavy atom. The molecule has 0 aliphatic carbocycles. The maximum Gasteiger partial charge on any atom is 0.453 e. The standard InChI is InChI=1S/C25H24F5N3O2S/c1-35-19-10-7-18(8-11-19)21-15-36-23(32-21)33-22(34)12-9-17-6-5-16(14-20(17)31)4-2-3-13-24(26,27)25(28,29)30/h5-12,14-15H,2-4,13,31H2,1H3,(H,32,33,34). The van der Waals surface area contributed by atoms with E-state index in [0.717, 1.165) is 11.3 Å². The monoisotopic (exact) mass is 525 g/mol. The number of halogens is 5. The smallest absolute Gasteiger partial charge is 0.453 e. The van der Waals surface area contributed by atoms with Crippen LogP contribution < -0.4 is 15.8 Å². The van der Waals surface area contributed by atoms with Crippen molar-refractivity contribution < 1.29 is 31.5 Å². The van der Waals surface area contributed by atoms with Crippen LogP contribution in [0.2, 0.25) is 0 Å². The highest BCUT2D eigenvalue weighted by Gasteiger charge is 2.56. The number of nitrogens with zero attached hydrogens (tertiary/aromatic N) is 1. The minimum atomic E-state index is -5.53. The number of hydrogen-bond acceptors (Lipinski definition) is 5. The number of nitrogens with two attached hydrogens (primary N) is 1. The molecule has 1 aromatic heterocycles. The minimum Gasteiger partial charge on any atom is -0.497 e. The largest absolute Gasteiger partial charge is 0.497 e. The summed E-state index contributed by atoms with van der Waals surface area (Å²) in [4.78, 5) is 16.7. The average Bonchev–Trinajstić information content (AvgIpc) is 3.29. The van der Waals surface area contributed by atoms with E-state index in [0.29, 0.717) is 34.1 Å². The molecule has 1 amide bonds. The summed E-state index contributed by atoms with van der Waals surface area (Å²) in [5.41, 5.74) is 9.23. The van der Waals surface area contributed by atoms with Gasteiger partial charge >= 0.3 is 12.1 Å². The van der Waals surface area contributed by atoms with Crippen molar-refractivity contribution in [3.05, 3.63) is 65.0 Å². The number of methoxy groups -OCH3 is 1. The number of aryl methyl sites for hydroxylation is 1. The van der Waals surface area contributed by atoms with Crippen LogP contribution in [0, 0.1) is 0 Å². The van der Waals surface area contributed by atoms with Gasteiger partial charge in [0.25, 0.3) is 0 Å². The van der Waals surface area contributed by atoms with Gasteiger partial charge in [0, 0.05) is 29.1 Å².